The lowest BCUT2D eigenvalue weighted by molar-refractivity contribution is 0.0285. The SMILES string of the molecule is CCCC(OCC)C(Cc1nccs1)NCC. The van der Waals surface area contributed by atoms with E-state index < -0.39 is 0 Å². The van der Waals surface area contributed by atoms with Gasteiger partial charge in [0.1, 0.15) is 0 Å². The van der Waals surface area contributed by atoms with Crippen LogP contribution in [-0.2, 0) is 11.2 Å². The number of aromatic nitrogens is 1. The van der Waals surface area contributed by atoms with E-state index in [0.717, 1.165) is 32.4 Å². The van der Waals surface area contributed by atoms with Crippen molar-refractivity contribution in [1.82, 2.24) is 10.3 Å². The molecule has 0 saturated carbocycles. The fourth-order valence-corrected chi connectivity index (χ4v) is 2.71. The molecule has 4 heteroatoms. The van der Waals surface area contributed by atoms with Crippen molar-refractivity contribution in [3.05, 3.63) is 16.6 Å². The predicted octanol–water partition coefficient (Wildman–Crippen LogP) is 2.87. The third-order valence-electron chi connectivity index (χ3n) is 2.75. The van der Waals surface area contributed by atoms with Gasteiger partial charge in [0.25, 0.3) is 0 Å². The number of ether oxygens (including phenoxy) is 1. The van der Waals surface area contributed by atoms with Gasteiger partial charge in [0.2, 0.25) is 0 Å². The first-order chi connectivity index (χ1) is 8.31. The van der Waals surface area contributed by atoms with Crippen LogP contribution in [0.5, 0.6) is 0 Å². The Morgan fingerprint density at radius 1 is 1.41 bits per heavy atom. The maximum Gasteiger partial charge on any atom is 0.0941 e. The second kappa shape index (κ2) is 8.61. The molecule has 0 amide bonds. The Morgan fingerprint density at radius 3 is 2.76 bits per heavy atom. The Hall–Kier alpha value is -0.450. The van der Waals surface area contributed by atoms with Crippen LogP contribution in [0, 0.1) is 0 Å². The van der Waals surface area contributed by atoms with E-state index in [1.807, 2.05) is 11.6 Å². The molecule has 17 heavy (non-hydrogen) atoms. The lowest BCUT2D eigenvalue weighted by atomic mass is 10.0. The summed E-state index contributed by atoms with van der Waals surface area (Å²) < 4.78 is 5.86. The molecule has 2 atom stereocenters. The molecule has 0 bridgehead atoms. The lowest BCUT2D eigenvalue weighted by Crippen LogP contribution is -2.43. The van der Waals surface area contributed by atoms with Crippen molar-refractivity contribution < 1.29 is 4.74 Å². The van der Waals surface area contributed by atoms with Crippen LogP contribution in [0.2, 0.25) is 0 Å². The highest BCUT2D eigenvalue weighted by atomic mass is 32.1. The Kier molecular flexibility index (Phi) is 7.40. The molecule has 2 unspecified atom stereocenters. The first-order valence-electron chi connectivity index (χ1n) is 6.55. The normalized spacial score (nSPS) is 14.8. The van der Waals surface area contributed by atoms with Crippen LogP contribution < -0.4 is 5.32 Å². The number of nitrogens with one attached hydrogen (secondary N) is 1. The van der Waals surface area contributed by atoms with Gasteiger partial charge in [-0.1, -0.05) is 20.3 Å². The average Bonchev–Trinajstić information content (AvgIpc) is 2.81. The van der Waals surface area contributed by atoms with Crippen LogP contribution in [0.4, 0.5) is 0 Å². The molecule has 0 aromatic carbocycles. The van der Waals surface area contributed by atoms with Crippen molar-refractivity contribution >= 4 is 11.3 Å². The summed E-state index contributed by atoms with van der Waals surface area (Å²) in [6.07, 6.45) is 5.41. The van der Waals surface area contributed by atoms with Gasteiger partial charge in [-0.2, -0.15) is 0 Å². The smallest absolute Gasteiger partial charge is 0.0941 e. The minimum Gasteiger partial charge on any atom is -0.377 e. The molecule has 1 aromatic heterocycles. The van der Waals surface area contributed by atoms with Crippen LogP contribution >= 0.6 is 11.3 Å². The van der Waals surface area contributed by atoms with Crippen LogP contribution in [0.25, 0.3) is 0 Å². The van der Waals surface area contributed by atoms with Crippen molar-refractivity contribution in [3.63, 3.8) is 0 Å². The molecule has 1 N–H and O–H groups in total. The zero-order valence-electron chi connectivity index (χ0n) is 11.1. The van der Waals surface area contributed by atoms with Crippen LogP contribution in [0.1, 0.15) is 38.6 Å². The second-order valence-electron chi connectivity index (χ2n) is 4.08. The Labute approximate surface area is 109 Å². The first-order valence-corrected chi connectivity index (χ1v) is 7.43. The average molecular weight is 256 g/mol. The van der Waals surface area contributed by atoms with Gasteiger partial charge in [-0.3, -0.25) is 0 Å². The number of rotatable bonds is 9. The zero-order valence-corrected chi connectivity index (χ0v) is 11.9. The maximum absolute atomic E-state index is 5.86. The summed E-state index contributed by atoms with van der Waals surface area (Å²) in [5.41, 5.74) is 0. The van der Waals surface area contributed by atoms with Crippen LogP contribution in [0.3, 0.4) is 0 Å². The number of hydrogen-bond donors (Lipinski definition) is 1. The van der Waals surface area contributed by atoms with Gasteiger partial charge in [-0.05, 0) is 19.9 Å². The number of nitrogens with zero attached hydrogens (tertiary/aromatic N) is 1. The number of thiazole rings is 1. The molecule has 3 nitrogen and oxygen atoms in total. The Morgan fingerprint density at radius 2 is 2.24 bits per heavy atom. The van der Waals surface area contributed by atoms with E-state index in [4.69, 9.17) is 4.74 Å². The first kappa shape index (κ1) is 14.6. The highest BCUT2D eigenvalue weighted by molar-refractivity contribution is 7.09. The molecule has 98 valence electrons. The fourth-order valence-electron chi connectivity index (χ4n) is 2.04. The van der Waals surface area contributed by atoms with E-state index in [1.54, 1.807) is 11.3 Å². The third-order valence-corrected chi connectivity index (χ3v) is 3.55. The van der Waals surface area contributed by atoms with Crippen molar-refractivity contribution in [1.29, 1.82) is 0 Å². The summed E-state index contributed by atoms with van der Waals surface area (Å²) in [5.74, 6) is 0. The van der Waals surface area contributed by atoms with Crippen molar-refractivity contribution in [3.8, 4) is 0 Å². The molecule has 0 spiro atoms. The fraction of sp³-hybridized carbons (Fsp3) is 0.769. The summed E-state index contributed by atoms with van der Waals surface area (Å²) in [4.78, 5) is 4.36. The Bertz CT molecular complexity index is 271. The van der Waals surface area contributed by atoms with Crippen LogP contribution in [-0.4, -0.2) is 30.3 Å². The summed E-state index contributed by atoms with van der Waals surface area (Å²) in [6.45, 7) is 8.17. The van der Waals surface area contributed by atoms with E-state index in [0.29, 0.717) is 12.1 Å². The summed E-state index contributed by atoms with van der Waals surface area (Å²) >= 11 is 1.72. The van der Waals surface area contributed by atoms with Gasteiger partial charge in [0.05, 0.1) is 11.1 Å². The van der Waals surface area contributed by atoms with Gasteiger partial charge in [0, 0.05) is 30.6 Å². The molecule has 1 aromatic rings. The Balaban J connectivity index is 2.60. The van der Waals surface area contributed by atoms with Gasteiger partial charge < -0.3 is 10.1 Å². The monoisotopic (exact) mass is 256 g/mol. The molecular formula is C13H24N2OS. The second-order valence-corrected chi connectivity index (χ2v) is 5.06. The molecular weight excluding hydrogens is 232 g/mol. The largest absolute Gasteiger partial charge is 0.377 e. The molecule has 0 saturated heterocycles. The van der Waals surface area contributed by atoms with Crippen LogP contribution in [0.15, 0.2) is 11.6 Å². The van der Waals surface area contributed by atoms with E-state index in [1.165, 1.54) is 5.01 Å². The van der Waals surface area contributed by atoms with E-state index in [-0.39, 0.29) is 0 Å². The van der Waals surface area contributed by atoms with E-state index in [9.17, 15) is 0 Å². The highest BCUT2D eigenvalue weighted by Gasteiger charge is 2.21. The van der Waals surface area contributed by atoms with Gasteiger partial charge in [-0.25, -0.2) is 4.98 Å². The minimum atomic E-state index is 0.300. The minimum absolute atomic E-state index is 0.300. The molecule has 0 aliphatic heterocycles. The predicted molar refractivity (Wildman–Crippen MR) is 73.6 cm³/mol. The van der Waals surface area contributed by atoms with Gasteiger partial charge in [0.15, 0.2) is 0 Å². The molecule has 0 aliphatic rings. The molecule has 1 rings (SSSR count). The zero-order chi connectivity index (χ0) is 12.5. The summed E-state index contributed by atoms with van der Waals surface area (Å²) in [5, 5.41) is 6.76. The highest BCUT2D eigenvalue weighted by Crippen LogP contribution is 2.14. The summed E-state index contributed by atoms with van der Waals surface area (Å²) in [6, 6.07) is 0.381. The standard InChI is InChI=1S/C13H24N2OS/c1-4-7-12(16-6-3)11(14-5-2)10-13-15-8-9-17-13/h8-9,11-12,14H,4-7,10H2,1-3H3. The summed E-state index contributed by atoms with van der Waals surface area (Å²) in [7, 11) is 0. The number of hydrogen-bond acceptors (Lipinski definition) is 4. The van der Waals surface area contributed by atoms with E-state index in [2.05, 4.69) is 31.1 Å². The topological polar surface area (TPSA) is 34.1 Å². The molecule has 0 fully saturated rings. The lowest BCUT2D eigenvalue weighted by Gasteiger charge is -2.27. The van der Waals surface area contributed by atoms with Crippen molar-refractivity contribution in [2.75, 3.05) is 13.2 Å². The van der Waals surface area contributed by atoms with Gasteiger partial charge >= 0.3 is 0 Å². The third kappa shape index (κ3) is 5.15. The van der Waals surface area contributed by atoms with E-state index >= 15 is 0 Å². The van der Waals surface area contributed by atoms with Crippen molar-refractivity contribution in [2.24, 2.45) is 0 Å². The molecule has 0 radical (unpaired) electrons. The quantitative estimate of drug-likeness (QED) is 0.737. The molecule has 1 heterocycles. The van der Waals surface area contributed by atoms with Crippen molar-refractivity contribution in [2.45, 2.75) is 52.2 Å². The van der Waals surface area contributed by atoms with Gasteiger partial charge in [-0.15, -0.1) is 11.3 Å². The number of likely N-dealkylation sites (N-methyl/N-ethyl adjacent to an activating group) is 1. The molecule has 0 aliphatic carbocycles. The maximum atomic E-state index is 5.86.